The SMILES string of the molecule is CP(=O)(OP(=O)(O)c1cccc(N)c1)OP(=O)(O)c1cccc(N)c1. The fourth-order valence-corrected chi connectivity index (χ4v) is 7.44. The lowest BCUT2D eigenvalue weighted by Crippen LogP contribution is -2.10. The number of hydrogen-bond acceptors (Lipinski definition) is 7. The van der Waals surface area contributed by atoms with Gasteiger partial charge >= 0.3 is 22.8 Å². The van der Waals surface area contributed by atoms with Gasteiger partial charge in [-0.15, -0.1) is 0 Å². The van der Waals surface area contributed by atoms with E-state index in [4.69, 9.17) is 11.5 Å². The summed E-state index contributed by atoms with van der Waals surface area (Å²) in [5.41, 5.74) is 11.4. The Hall–Kier alpha value is -1.43. The van der Waals surface area contributed by atoms with Crippen LogP contribution in [0.3, 0.4) is 0 Å². The molecule has 2 aromatic rings. The Morgan fingerprint density at radius 1 is 0.800 bits per heavy atom. The molecule has 0 spiro atoms. The first-order valence-corrected chi connectivity index (χ1v) is 11.9. The van der Waals surface area contributed by atoms with Crippen LogP contribution in [0.25, 0.3) is 0 Å². The van der Waals surface area contributed by atoms with Crippen molar-refractivity contribution >= 4 is 44.8 Å². The van der Waals surface area contributed by atoms with Gasteiger partial charge in [-0.1, -0.05) is 12.1 Å². The molecule has 0 radical (unpaired) electrons. The van der Waals surface area contributed by atoms with Crippen LogP contribution in [0.1, 0.15) is 0 Å². The van der Waals surface area contributed by atoms with Crippen molar-refractivity contribution in [2.45, 2.75) is 0 Å². The summed E-state index contributed by atoms with van der Waals surface area (Å²) < 4.78 is 46.3. The molecule has 2 unspecified atom stereocenters. The molecule has 0 saturated heterocycles. The minimum absolute atomic E-state index is 0.190. The van der Waals surface area contributed by atoms with Gasteiger partial charge in [0.2, 0.25) is 0 Å². The highest BCUT2D eigenvalue weighted by Crippen LogP contribution is 2.66. The van der Waals surface area contributed by atoms with Gasteiger partial charge in [-0.2, -0.15) is 0 Å². The summed E-state index contributed by atoms with van der Waals surface area (Å²) in [5.74, 6) is 0. The molecule has 136 valence electrons. The summed E-state index contributed by atoms with van der Waals surface area (Å²) in [7, 11) is -13.6. The zero-order chi connectivity index (χ0) is 18.9. The highest BCUT2D eigenvalue weighted by Gasteiger charge is 2.39. The molecular weight excluding hydrogens is 389 g/mol. The molecule has 0 aromatic heterocycles. The number of nitrogen functional groups attached to an aromatic ring is 2. The monoisotopic (exact) mass is 406 g/mol. The molecule has 2 atom stereocenters. The van der Waals surface area contributed by atoms with Crippen LogP contribution in [0.2, 0.25) is 0 Å². The van der Waals surface area contributed by atoms with E-state index in [0.717, 1.165) is 18.8 Å². The van der Waals surface area contributed by atoms with Gasteiger partial charge in [0.15, 0.2) is 0 Å². The van der Waals surface area contributed by atoms with Crippen LogP contribution in [0, 0.1) is 0 Å². The van der Waals surface area contributed by atoms with Crippen molar-refractivity contribution in [2.75, 3.05) is 18.1 Å². The Labute approximate surface area is 144 Å². The third kappa shape index (κ3) is 5.27. The van der Waals surface area contributed by atoms with Gasteiger partial charge < -0.3 is 21.3 Å². The normalized spacial score (nSPS) is 18.7. The molecule has 2 aromatic carbocycles. The fraction of sp³-hybridized carbons (Fsp3) is 0.0769. The summed E-state index contributed by atoms with van der Waals surface area (Å²) >= 11 is 0. The van der Waals surface area contributed by atoms with Gasteiger partial charge in [-0.05, 0) is 36.4 Å². The van der Waals surface area contributed by atoms with Crippen LogP contribution in [-0.4, -0.2) is 16.5 Å². The van der Waals surface area contributed by atoms with Crippen LogP contribution >= 0.6 is 22.8 Å². The van der Waals surface area contributed by atoms with E-state index in [1.807, 2.05) is 0 Å². The molecule has 0 bridgehead atoms. The Morgan fingerprint density at radius 3 is 1.48 bits per heavy atom. The van der Waals surface area contributed by atoms with Gasteiger partial charge in [0.1, 0.15) is 0 Å². The molecule has 0 fully saturated rings. The molecule has 0 heterocycles. The van der Waals surface area contributed by atoms with Gasteiger partial charge in [-0.3, -0.25) is 13.7 Å². The second-order valence-corrected chi connectivity index (χ2v) is 11.1. The first-order valence-electron chi connectivity index (χ1n) is 6.79. The Balaban J connectivity index is 2.25. The van der Waals surface area contributed by atoms with E-state index in [9.17, 15) is 23.5 Å². The average Bonchev–Trinajstić information content (AvgIpc) is 2.45. The molecule has 0 saturated carbocycles. The summed E-state index contributed by atoms with van der Waals surface area (Å²) in [5, 5.41) is -0.454. The van der Waals surface area contributed by atoms with Crippen LogP contribution in [0.4, 0.5) is 11.4 Å². The summed E-state index contributed by atoms with van der Waals surface area (Å²) in [6, 6.07) is 10.6. The molecule has 6 N–H and O–H groups in total. The predicted octanol–water partition coefficient (Wildman–Crippen LogP) is 2.03. The third-order valence-corrected chi connectivity index (χ3v) is 8.92. The molecule has 25 heavy (non-hydrogen) atoms. The third-order valence-electron chi connectivity index (χ3n) is 2.91. The van der Waals surface area contributed by atoms with E-state index < -0.39 is 22.8 Å². The summed E-state index contributed by atoms with van der Waals surface area (Å²) in [6.07, 6.45) is 0. The van der Waals surface area contributed by atoms with Crippen molar-refractivity contribution in [3.05, 3.63) is 48.5 Å². The van der Waals surface area contributed by atoms with Crippen molar-refractivity contribution < 1.29 is 32.1 Å². The highest BCUT2D eigenvalue weighted by molar-refractivity contribution is 7.76. The second-order valence-electron chi connectivity index (χ2n) is 5.17. The molecule has 0 amide bonds. The highest BCUT2D eigenvalue weighted by atomic mass is 31.3. The molecule has 2 rings (SSSR count). The van der Waals surface area contributed by atoms with E-state index in [1.54, 1.807) is 0 Å². The van der Waals surface area contributed by atoms with Crippen molar-refractivity contribution in [3.63, 3.8) is 0 Å². The Kier molecular flexibility index (Phi) is 5.62. The van der Waals surface area contributed by atoms with Gasteiger partial charge in [-0.25, -0.2) is 8.62 Å². The fourth-order valence-electron chi connectivity index (χ4n) is 1.91. The van der Waals surface area contributed by atoms with Gasteiger partial charge in [0, 0.05) is 18.0 Å². The Morgan fingerprint density at radius 2 is 1.16 bits per heavy atom. The van der Waals surface area contributed by atoms with E-state index in [2.05, 4.69) is 8.62 Å². The quantitative estimate of drug-likeness (QED) is 0.415. The van der Waals surface area contributed by atoms with E-state index >= 15 is 0 Å². The van der Waals surface area contributed by atoms with E-state index in [-0.39, 0.29) is 22.0 Å². The average molecular weight is 406 g/mol. The predicted molar refractivity (Wildman–Crippen MR) is 96.3 cm³/mol. The van der Waals surface area contributed by atoms with E-state index in [1.165, 1.54) is 36.4 Å². The minimum Gasteiger partial charge on any atom is -0.399 e. The lowest BCUT2D eigenvalue weighted by molar-refractivity contribution is 0.329. The van der Waals surface area contributed by atoms with Gasteiger partial charge in [0.25, 0.3) is 0 Å². The van der Waals surface area contributed by atoms with Crippen molar-refractivity contribution in [1.29, 1.82) is 0 Å². The molecule has 12 heteroatoms. The smallest absolute Gasteiger partial charge is 0.366 e. The maximum absolute atomic E-state index is 12.4. The van der Waals surface area contributed by atoms with Crippen molar-refractivity contribution in [1.82, 2.24) is 0 Å². The maximum Gasteiger partial charge on any atom is 0.366 e. The molecular formula is C13H17N2O7P3. The van der Waals surface area contributed by atoms with Crippen LogP contribution in [0.5, 0.6) is 0 Å². The zero-order valence-corrected chi connectivity index (χ0v) is 15.7. The number of nitrogens with two attached hydrogens (primary N) is 2. The summed E-state index contributed by atoms with van der Waals surface area (Å²) in [6.45, 7) is 0.817. The molecule has 0 aliphatic heterocycles. The standard InChI is InChI=1S/C13H17N2O7P3/c1-23(16,21-24(17,18)12-6-2-4-10(14)8-12)22-25(19,20)13-7-3-5-11(15)9-13/h2-9H,14-15H2,1H3,(H,17,18)(H,19,20). The maximum atomic E-state index is 12.4. The lowest BCUT2D eigenvalue weighted by atomic mass is 10.3. The molecule has 0 aliphatic rings. The number of rotatable bonds is 6. The van der Waals surface area contributed by atoms with Crippen molar-refractivity contribution in [2.24, 2.45) is 0 Å². The largest absolute Gasteiger partial charge is 0.399 e. The van der Waals surface area contributed by atoms with Crippen LogP contribution in [-0.2, 0) is 22.3 Å². The van der Waals surface area contributed by atoms with Crippen LogP contribution < -0.4 is 22.1 Å². The van der Waals surface area contributed by atoms with Gasteiger partial charge in [0.05, 0.1) is 10.6 Å². The zero-order valence-electron chi connectivity index (χ0n) is 13.1. The topological polar surface area (TPSA) is 162 Å². The number of benzene rings is 2. The lowest BCUT2D eigenvalue weighted by Gasteiger charge is -2.21. The minimum atomic E-state index is -4.61. The first kappa shape index (κ1) is 19.9. The number of anilines is 2. The van der Waals surface area contributed by atoms with Crippen molar-refractivity contribution in [3.8, 4) is 0 Å². The summed E-state index contributed by atoms with van der Waals surface area (Å²) in [4.78, 5) is 20.0. The Bertz CT molecular complexity index is 862. The first-order chi connectivity index (χ1) is 11.4. The number of hydrogen-bond donors (Lipinski definition) is 4. The van der Waals surface area contributed by atoms with E-state index in [0.29, 0.717) is 0 Å². The molecule has 0 aliphatic carbocycles. The van der Waals surface area contributed by atoms with Crippen LogP contribution in [0.15, 0.2) is 48.5 Å². The molecule has 9 nitrogen and oxygen atoms in total. The second kappa shape index (κ2) is 7.06.